The van der Waals surface area contributed by atoms with Crippen molar-refractivity contribution in [3.05, 3.63) is 34.9 Å². The average molecular weight is 233 g/mol. The topological polar surface area (TPSA) is 32.3 Å². The Labute approximate surface area is 104 Å². The number of hydrogen-bond donors (Lipinski definition) is 2. The maximum atomic E-state index is 9.15. The van der Waals surface area contributed by atoms with Crippen molar-refractivity contribution >= 4 is 0 Å². The molecule has 0 bridgehead atoms. The summed E-state index contributed by atoms with van der Waals surface area (Å²) in [6.07, 6.45) is 5.60. The zero-order valence-electron chi connectivity index (χ0n) is 10.7. The Bertz CT molecular complexity index is 360. The van der Waals surface area contributed by atoms with Crippen LogP contribution in [0, 0.1) is 0 Å². The van der Waals surface area contributed by atoms with Gasteiger partial charge in [0.05, 0.1) is 6.10 Å². The average Bonchev–Trinajstić information content (AvgIpc) is 2.75. The van der Waals surface area contributed by atoms with Gasteiger partial charge in [-0.05, 0) is 62.3 Å². The molecule has 0 fully saturated rings. The molecule has 17 heavy (non-hydrogen) atoms. The molecule has 94 valence electrons. The number of benzene rings is 1. The fraction of sp³-hybridized carbons (Fsp3) is 0.600. The van der Waals surface area contributed by atoms with E-state index in [-0.39, 0.29) is 6.10 Å². The van der Waals surface area contributed by atoms with E-state index in [0.29, 0.717) is 0 Å². The molecule has 2 rings (SSSR count). The molecule has 2 N–H and O–H groups in total. The monoisotopic (exact) mass is 233 g/mol. The van der Waals surface area contributed by atoms with Gasteiger partial charge in [-0.25, -0.2) is 0 Å². The van der Waals surface area contributed by atoms with Crippen LogP contribution >= 0.6 is 0 Å². The van der Waals surface area contributed by atoms with Crippen molar-refractivity contribution in [1.29, 1.82) is 0 Å². The van der Waals surface area contributed by atoms with Crippen molar-refractivity contribution in [3.8, 4) is 0 Å². The summed E-state index contributed by atoms with van der Waals surface area (Å²) >= 11 is 0. The highest BCUT2D eigenvalue weighted by Gasteiger charge is 2.10. The first-order valence-corrected chi connectivity index (χ1v) is 6.75. The largest absolute Gasteiger partial charge is 0.393 e. The normalized spacial score (nSPS) is 15.9. The maximum absolute atomic E-state index is 9.15. The summed E-state index contributed by atoms with van der Waals surface area (Å²) in [7, 11) is 0. The minimum absolute atomic E-state index is 0.170. The molecule has 0 amide bonds. The first-order chi connectivity index (χ1) is 8.25. The summed E-state index contributed by atoms with van der Waals surface area (Å²) in [6, 6.07) is 6.88. The molecule has 1 aliphatic carbocycles. The highest BCUT2D eigenvalue weighted by Crippen LogP contribution is 2.22. The number of nitrogens with one attached hydrogen (secondary N) is 1. The second kappa shape index (κ2) is 6.18. The Balaban J connectivity index is 1.72. The molecular weight excluding hydrogens is 210 g/mol. The number of aliphatic hydroxyl groups is 1. The van der Waals surface area contributed by atoms with Crippen molar-refractivity contribution in [2.24, 2.45) is 0 Å². The van der Waals surface area contributed by atoms with E-state index in [0.717, 1.165) is 25.9 Å². The first-order valence-electron chi connectivity index (χ1n) is 6.75. The van der Waals surface area contributed by atoms with Crippen molar-refractivity contribution in [2.45, 2.75) is 51.7 Å². The second-order valence-corrected chi connectivity index (χ2v) is 5.12. The van der Waals surface area contributed by atoms with Crippen LogP contribution in [0.4, 0.5) is 0 Å². The van der Waals surface area contributed by atoms with Crippen LogP contribution in [0.2, 0.25) is 0 Å². The Morgan fingerprint density at radius 1 is 1.29 bits per heavy atom. The zero-order valence-corrected chi connectivity index (χ0v) is 10.7. The molecule has 0 saturated carbocycles. The number of aryl methyl sites for hydroxylation is 2. The van der Waals surface area contributed by atoms with Crippen molar-refractivity contribution in [1.82, 2.24) is 5.32 Å². The van der Waals surface area contributed by atoms with Gasteiger partial charge in [0, 0.05) is 6.54 Å². The van der Waals surface area contributed by atoms with Gasteiger partial charge in [-0.2, -0.15) is 0 Å². The second-order valence-electron chi connectivity index (χ2n) is 5.12. The van der Waals surface area contributed by atoms with Gasteiger partial charge < -0.3 is 10.4 Å². The van der Waals surface area contributed by atoms with Crippen LogP contribution in [0.1, 0.15) is 42.9 Å². The molecule has 0 aliphatic heterocycles. The molecule has 0 saturated heterocycles. The minimum Gasteiger partial charge on any atom is -0.393 e. The van der Waals surface area contributed by atoms with Crippen molar-refractivity contribution < 1.29 is 5.11 Å². The zero-order chi connectivity index (χ0) is 12.1. The van der Waals surface area contributed by atoms with Gasteiger partial charge in [-0.1, -0.05) is 18.2 Å². The van der Waals surface area contributed by atoms with Gasteiger partial charge in [-0.3, -0.25) is 0 Å². The third-order valence-electron chi connectivity index (χ3n) is 3.47. The van der Waals surface area contributed by atoms with Crippen LogP contribution in [0.25, 0.3) is 0 Å². The van der Waals surface area contributed by atoms with E-state index >= 15 is 0 Å². The van der Waals surface area contributed by atoms with Crippen LogP contribution in [0.5, 0.6) is 0 Å². The molecule has 1 aromatic rings. The number of fused-ring (bicyclic) bond motifs is 1. The minimum atomic E-state index is -0.170. The molecule has 1 unspecified atom stereocenters. The molecule has 2 heteroatoms. The molecule has 0 spiro atoms. The molecule has 0 heterocycles. The van der Waals surface area contributed by atoms with E-state index < -0.39 is 0 Å². The number of aliphatic hydroxyl groups excluding tert-OH is 1. The van der Waals surface area contributed by atoms with Crippen LogP contribution in [-0.2, 0) is 19.4 Å². The third-order valence-corrected chi connectivity index (χ3v) is 3.47. The van der Waals surface area contributed by atoms with Gasteiger partial charge in [0.1, 0.15) is 0 Å². The summed E-state index contributed by atoms with van der Waals surface area (Å²) in [6.45, 7) is 3.79. The Kier molecular flexibility index (Phi) is 4.57. The lowest BCUT2D eigenvalue weighted by Crippen LogP contribution is -2.16. The van der Waals surface area contributed by atoms with Gasteiger partial charge >= 0.3 is 0 Å². The molecule has 2 nitrogen and oxygen atoms in total. The molecular formula is C15H23NO. The Hall–Kier alpha value is -0.860. The smallest absolute Gasteiger partial charge is 0.0512 e. The van der Waals surface area contributed by atoms with E-state index in [9.17, 15) is 0 Å². The predicted octanol–water partition coefficient (Wildman–Crippen LogP) is 2.43. The molecule has 1 aliphatic rings. The van der Waals surface area contributed by atoms with E-state index in [2.05, 4.69) is 23.5 Å². The Morgan fingerprint density at radius 2 is 2.12 bits per heavy atom. The van der Waals surface area contributed by atoms with Crippen LogP contribution in [0.3, 0.4) is 0 Å². The molecule has 1 atom stereocenters. The lowest BCUT2D eigenvalue weighted by atomic mass is 10.1. The summed E-state index contributed by atoms with van der Waals surface area (Å²) in [4.78, 5) is 0. The van der Waals surface area contributed by atoms with Crippen molar-refractivity contribution in [3.63, 3.8) is 0 Å². The fourth-order valence-electron chi connectivity index (χ4n) is 2.49. The Morgan fingerprint density at radius 3 is 2.94 bits per heavy atom. The lowest BCUT2D eigenvalue weighted by Gasteiger charge is -2.08. The first kappa shape index (κ1) is 12.6. The van der Waals surface area contributed by atoms with E-state index in [1.54, 1.807) is 11.1 Å². The highest BCUT2D eigenvalue weighted by molar-refractivity contribution is 5.35. The number of rotatable bonds is 6. The van der Waals surface area contributed by atoms with Crippen LogP contribution < -0.4 is 5.32 Å². The van der Waals surface area contributed by atoms with Crippen LogP contribution in [0.15, 0.2) is 18.2 Å². The van der Waals surface area contributed by atoms with Gasteiger partial charge in [-0.15, -0.1) is 0 Å². The third kappa shape index (κ3) is 3.83. The summed E-state index contributed by atoms with van der Waals surface area (Å²) < 4.78 is 0. The van der Waals surface area contributed by atoms with Crippen molar-refractivity contribution in [2.75, 3.05) is 6.54 Å². The quantitative estimate of drug-likeness (QED) is 0.740. The SMILES string of the molecule is CC(O)CCCNCc1ccc2c(c1)CCC2. The molecule has 1 aromatic carbocycles. The van der Waals surface area contributed by atoms with Gasteiger partial charge in [0.2, 0.25) is 0 Å². The fourth-order valence-corrected chi connectivity index (χ4v) is 2.49. The maximum Gasteiger partial charge on any atom is 0.0512 e. The highest BCUT2D eigenvalue weighted by atomic mass is 16.3. The molecule has 0 radical (unpaired) electrons. The van der Waals surface area contributed by atoms with E-state index in [1.165, 1.54) is 24.8 Å². The van der Waals surface area contributed by atoms with E-state index in [1.807, 2.05) is 6.92 Å². The number of hydrogen-bond acceptors (Lipinski definition) is 2. The summed E-state index contributed by atoms with van der Waals surface area (Å²) in [5, 5.41) is 12.6. The summed E-state index contributed by atoms with van der Waals surface area (Å²) in [5.41, 5.74) is 4.49. The van der Waals surface area contributed by atoms with Gasteiger partial charge in [0.25, 0.3) is 0 Å². The predicted molar refractivity (Wildman–Crippen MR) is 71.1 cm³/mol. The standard InChI is InChI=1S/C15H23NO/c1-12(17)4-3-9-16-11-13-7-8-14-5-2-6-15(14)10-13/h7-8,10,12,16-17H,2-6,9,11H2,1H3. The summed E-state index contributed by atoms with van der Waals surface area (Å²) in [5.74, 6) is 0. The van der Waals surface area contributed by atoms with Gasteiger partial charge in [0.15, 0.2) is 0 Å². The molecule has 0 aromatic heterocycles. The van der Waals surface area contributed by atoms with Crippen LogP contribution in [-0.4, -0.2) is 17.8 Å². The lowest BCUT2D eigenvalue weighted by molar-refractivity contribution is 0.181. The van der Waals surface area contributed by atoms with E-state index in [4.69, 9.17) is 5.11 Å².